The van der Waals surface area contributed by atoms with Crippen LogP contribution in [0.15, 0.2) is 35.5 Å². The molecule has 0 aliphatic carbocycles. The molecular formula is C18H19N5O. The lowest BCUT2D eigenvalue weighted by atomic mass is 10.1. The first-order valence-corrected chi connectivity index (χ1v) is 7.93. The van der Waals surface area contributed by atoms with Gasteiger partial charge in [-0.15, -0.1) is 0 Å². The Morgan fingerprint density at radius 3 is 2.25 bits per heavy atom. The van der Waals surface area contributed by atoms with Gasteiger partial charge in [0.2, 0.25) is 0 Å². The van der Waals surface area contributed by atoms with Crippen molar-refractivity contribution in [3.05, 3.63) is 35.5 Å². The van der Waals surface area contributed by atoms with E-state index in [4.69, 9.17) is 20.5 Å². The molecule has 0 atom stereocenters. The number of rotatable bonds is 6. The van der Waals surface area contributed by atoms with E-state index in [1.165, 1.54) is 19.3 Å². The van der Waals surface area contributed by atoms with Crippen LogP contribution in [0.4, 0.5) is 5.69 Å². The van der Waals surface area contributed by atoms with Gasteiger partial charge in [0.15, 0.2) is 5.57 Å². The lowest BCUT2D eigenvalue weighted by molar-refractivity contribution is 0.183. The van der Waals surface area contributed by atoms with E-state index in [2.05, 4.69) is 10.2 Å². The zero-order valence-electron chi connectivity index (χ0n) is 13.5. The average molecular weight is 321 g/mol. The number of hydrogen-bond acceptors (Lipinski definition) is 6. The van der Waals surface area contributed by atoms with E-state index in [1.54, 1.807) is 36.4 Å². The number of nitriles is 3. The molecule has 1 aliphatic rings. The summed E-state index contributed by atoms with van der Waals surface area (Å²) in [4.78, 5) is 2.41. The predicted octanol–water partition coefficient (Wildman–Crippen LogP) is 2.79. The maximum Gasteiger partial charge on any atom is 0.163 e. The van der Waals surface area contributed by atoms with Gasteiger partial charge in [-0.2, -0.15) is 15.8 Å². The van der Waals surface area contributed by atoms with E-state index in [0.717, 1.165) is 25.4 Å². The third-order valence-electron chi connectivity index (χ3n) is 3.83. The Hall–Kier alpha value is -3.01. The number of likely N-dealkylation sites (tertiary alicyclic amines) is 1. The van der Waals surface area contributed by atoms with E-state index >= 15 is 0 Å². The third-order valence-corrected chi connectivity index (χ3v) is 3.83. The van der Waals surface area contributed by atoms with Crippen LogP contribution in [0.1, 0.15) is 19.3 Å². The first-order chi connectivity index (χ1) is 11.8. The SMILES string of the molecule is N#CC(C#N)=C(C#N)Nc1ccc(OCCN2CCCCC2)cc1. The molecule has 0 radical (unpaired) electrons. The Bertz CT molecular complexity index is 681. The first-order valence-electron chi connectivity index (χ1n) is 7.93. The second-order valence-electron chi connectivity index (χ2n) is 5.49. The highest BCUT2D eigenvalue weighted by Gasteiger charge is 2.09. The first kappa shape index (κ1) is 17.3. The third kappa shape index (κ3) is 5.02. The Labute approximate surface area is 142 Å². The number of nitrogens with one attached hydrogen (secondary N) is 1. The Morgan fingerprint density at radius 1 is 1.00 bits per heavy atom. The summed E-state index contributed by atoms with van der Waals surface area (Å²) in [5, 5.41) is 29.4. The zero-order chi connectivity index (χ0) is 17.2. The Morgan fingerprint density at radius 2 is 1.67 bits per heavy atom. The van der Waals surface area contributed by atoms with E-state index < -0.39 is 0 Å². The fourth-order valence-electron chi connectivity index (χ4n) is 2.54. The number of allylic oxidation sites excluding steroid dienone is 2. The minimum absolute atomic E-state index is 0.0567. The van der Waals surface area contributed by atoms with Crippen molar-refractivity contribution in [2.75, 3.05) is 31.6 Å². The van der Waals surface area contributed by atoms with Crippen LogP contribution in [0.2, 0.25) is 0 Å². The van der Waals surface area contributed by atoms with Crippen molar-refractivity contribution in [1.29, 1.82) is 15.8 Å². The normalized spacial score (nSPS) is 13.9. The molecule has 1 saturated heterocycles. The highest BCUT2D eigenvalue weighted by molar-refractivity contribution is 5.58. The average Bonchev–Trinajstić information content (AvgIpc) is 2.64. The van der Waals surface area contributed by atoms with Crippen molar-refractivity contribution in [3.8, 4) is 24.0 Å². The lowest BCUT2D eigenvalue weighted by Crippen LogP contribution is -2.33. The summed E-state index contributed by atoms with van der Waals surface area (Å²) >= 11 is 0. The summed E-state index contributed by atoms with van der Waals surface area (Å²) in [5.74, 6) is 0.751. The quantitative estimate of drug-likeness (QED) is 0.809. The molecule has 0 bridgehead atoms. The van der Waals surface area contributed by atoms with Crippen molar-refractivity contribution in [3.63, 3.8) is 0 Å². The molecule has 6 nitrogen and oxygen atoms in total. The molecule has 0 saturated carbocycles. The van der Waals surface area contributed by atoms with E-state index in [1.807, 2.05) is 6.07 Å². The molecule has 6 heteroatoms. The van der Waals surface area contributed by atoms with Crippen LogP contribution in [-0.4, -0.2) is 31.1 Å². The van der Waals surface area contributed by atoms with Gasteiger partial charge in [-0.25, -0.2) is 0 Å². The van der Waals surface area contributed by atoms with Crippen molar-refractivity contribution in [1.82, 2.24) is 4.90 Å². The summed E-state index contributed by atoms with van der Waals surface area (Å²) in [7, 11) is 0. The number of nitrogens with zero attached hydrogens (tertiary/aromatic N) is 4. The highest BCUT2D eigenvalue weighted by Crippen LogP contribution is 2.18. The highest BCUT2D eigenvalue weighted by atomic mass is 16.5. The predicted molar refractivity (Wildman–Crippen MR) is 89.7 cm³/mol. The van der Waals surface area contributed by atoms with Gasteiger partial charge in [0.05, 0.1) is 0 Å². The molecule has 0 aromatic heterocycles. The van der Waals surface area contributed by atoms with E-state index in [9.17, 15) is 0 Å². The van der Waals surface area contributed by atoms with Gasteiger partial charge in [-0.3, -0.25) is 4.90 Å². The molecule has 2 rings (SSSR count). The van der Waals surface area contributed by atoms with Crippen LogP contribution >= 0.6 is 0 Å². The summed E-state index contributed by atoms with van der Waals surface area (Å²) < 4.78 is 5.73. The largest absolute Gasteiger partial charge is 0.492 e. The van der Waals surface area contributed by atoms with Crippen molar-refractivity contribution < 1.29 is 4.74 Å². The van der Waals surface area contributed by atoms with Crippen molar-refractivity contribution >= 4 is 5.69 Å². The smallest absolute Gasteiger partial charge is 0.163 e. The zero-order valence-corrected chi connectivity index (χ0v) is 13.5. The monoisotopic (exact) mass is 321 g/mol. The summed E-state index contributed by atoms with van der Waals surface area (Å²) in [6.45, 7) is 3.86. The topological polar surface area (TPSA) is 95.9 Å². The van der Waals surface area contributed by atoms with Crippen LogP contribution in [0.25, 0.3) is 0 Å². The van der Waals surface area contributed by atoms with Crippen LogP contribution in [0.3, 0.4) is 0 Å². The maximum atomic E-state index is 9.01. The molecule has 1 aromatic carbocycles. The molecule has 122 valence electrons. The molecule has 1 fully saturated rings. The molecule has 0 unspecified atom stereocenters. The van der Waals surface area contributed by atoms with Gasteiger partial charge >= 0.3 is 0 Å². The minimum Gasteiger partial charge on any atom is -0.492 e. The second kappa shape index (κ2) is 9.20. The molecule has 1 aromatic rings. The van der Waals surface area contributed by atoms with Crippen molar-refractivity contribution in [2.24, 2.45) is 0 Å². The molecule has 0 amide bonds. The van der Waals surface area contributed by atoms with Crippen LogP contribution < -0.4 is 10.1 Å². The second-order valence-corrected chi connectivity index (χ2v) is 5.49. The Balaban J connectivity index is 1.87. The molecule has 1 aliphatic heterocycles. The van der Waals surface area contributed by atoms with Crippen LogP contribution in [-0.2, 0) is 0 Å². The number of benzene rings is 1. The fourth-order valence-corrected chi connectivity index (χ4v) is 2.54. The fraction of sp³-hybridized carbons (Fsp3) is 0.389. The molecule has 1 N–H and O–H groups in total. The van der Waals surface area contributed by atoms with Gasteiger partial charge < -0.3 is 10.1 Å². The lowest BCUT2D eigenvalue weighted by Gasteiger charge is -2.26. The summed E-state index contributed by atoms with van der Waals surface area (Å²) in [5.41, 5.74) is 0.330. The number of ether oxygens (including phenoxy) is 1. The summed E-state index contributed by atoms with van der Waals surface area (Å²) in [6.07, 6.45) is 3.86. The molecular weight excluding hydrogens is 302 g/mol. The number of hydrogen-bond donors (Lipinski definition) is 1. The van der Waals surface area contributed by atoms with Gasteiger partial charge in [0.25, 0.3) is 0 Å². The number of anilines is 1. The van der Waals surface area contributed by atoms with Crippen molar-refractivity contribution in [2.45, 2.75) is 19.3 Å². The summed E-state index contributed by atoms with van der Waals surface area (Å²) in [6, 6.07) is 12.3. The molecule has 1 heterocycles. The maximum absolute atomic E-state index is 9.01. The van der Waals surface area contributed by atoms with Gasteiger partial charge in [0.1, 0.15) is 36.3 Å². The van der Waals surface area contributed by atoms with Crippen LogP contribution in [0.5, 0.6) is 5.75 Å². The van der Waals surface area contributed by atoms with E-state index in [-0.39, 0.29) is 11.3 Å². The molecule has 0 spiro atoms. The van der Waals surface area contributed by atoms with E-state index in [0.29, 0.717) is 12.3 Å². The van der Waals surface area contributed by atoms with Gasteiger partial charge in [0, 0.05) is 12.2 Å². The minimum atomic E-state index is -0.237. The standard InChI is InChI=1S/C18H19N5O/c19-12-15(13-20)18(14-21)22-16-4-6-17(7-5-16)24-11-10-23-8-2-1-3-9-23/h4-7,22H,1-3,8-11H2. The van der Waals surface area contributed by atoms with Gasteiger partial charge in [-0.1, -0.05) is 6.42 Å². The van der Waals surface area contributed by atoms with Gasteiger partial charge in [-0.05, 0) is 50.2 Å². The number of piperidine rings is 1. The van der Waals surface area contributed by atoms with Crippen LogP contribution in [0, 0.1) is 34.0 Å². The molecule has 24 heavy (non-hydrogen) atoms. The Kier molecular flexibility index (Phi) is 6.65.